The van der Waals surface area contributed by atoms with Crippen molar-refractivity contribution >= 4 is 35.3 Å². The summed E-state index contributed by atoms with van der Waals surface area (Å²) in [5.41, 5.74) is 7.23. The minimum absolute atomic E-state index is 0.00775. The van der Waals surface area contributed by atoms with Gasteiger partial charge in [-0.15, -0.1) is 0 Å². The normalized spacial score (nSPS) is 16.1. The number of hydrogen-bond acceptors (Lipinski definition) is 4. The van der Waals surface area contributed by atoms with Gasteiger partial charge in [0.25, 0.3) is 0 Å². The van der Waals surface area contributed by atoms with Crippen molar-refractivity contribution in [1.82, 2.24) is 10.2 Å². The lowest BCUT2D eigenvalue weighted by atomic mass is 10.0. The lowest BCUT2D eigenvalue weighted by Crippen LogP contribution is -2.53. The molecule has 3 rings (SSSR count). The van der Waals surface area contributed by atoms with Gasteiger partial charge in [0.05, 0.1) is 17.3 Å². The van der Waals surface area contributed by atoms with Crippen molar-refractivity contribution in [2.45, 2.75) is 25.8 Å². The molecule has 1 saturated heterocycles. The molecule has 0 saturated carbocycles. The molecule has 0 aliphatic carbocycles. The van der Waals surface area contributed by atoms with E-state index in [1.807, 2.05) is 11.8 Å². The third kappa shape index (κ3) is 6.94. The van der Waals surface area contributed by atoms with Gasteiger partial charge < -0.3 is 26.0 Å². The number of rotatable bonds is 8. The topological polar surface area (TPSA) is 96.7 Å². The number of carbonyl (C=O) groups excluding carboxylic acids is 2. The Labute approximate surface area is 197 Å². The fraction of sp³-hybridized carbons (Fsp3) is 0.333. The quantitative estimate of drug-likeness (QED) is 0.507. The monoisotopic (exact) mass is 474 g/mol. The van der Waals surface area contributed by atoms with Crippen molar-refractivity contribution in [2.24, 2.45) is 5.73 Å². The second-order valence-electron chi connectivity index (χ2n) is 7.68. The third-order valence-corrected chi connectivity index (χ3v) is 5.68. The zero-order valence-electron chi connectivity index (χ0n) is 18.4. The molecule has 2 aromatic rings. The van der Waals surface area contributed by atoms with Crippen molar-refractivity contribution in [1.29, 1.82) is 0 Å². The predicted molar refractivity (Wildman–Crippen MR) is 128 cm³/mol. The first kappa shape index (κ1) is 24.5. The molecule has 1 aliphatic heterocycles. The molecule has 4 N–H and O–H groups in total. The van der Waals surface area contributed by atoms with Gasteiger partial charge in [-0.25, -0.2) is 9.18 Å². The molecule has 9 heteroatoms. The van der Waals surface area contributed by atoms with Crippen LogP contribution in [0.3, 0.4) is 0 Å². The van der Waals surface area contributed by atoms with Crippen LogP contribution in [-0.4, -0.2) is 49.1 Å². The molecule has 0 spiro atoms. The van der Waals surface area contributed by atoms with E-state index in [2.05, 4.69) is 10.6 Å². The fourth-order valence-corrected chi connectivity index (χ4v) is 3.98. The Hall–Kier alpha value is -3.10. The van der Waals surface area contributed by atoms with Crippen LogP contribution < -0.4 is 21.1 Å². The first-order valence-electron chi connectivity index (χ1n) is 10.8. The predicted octanol–water partition coefficient (Wildman–Crippen LogP) is 3.81. The Kier molecular flexibility index (Phi) is 8.68. The van der Waals surface area contributed by atoms with E-state index in [0.717, 1.165) is 18.4 Å². The largest absolute Gasteiger partial charge is 0.492 e. The van der Waals surface area contributed by atoms with E-state index in [1.165, 1.54) is 24.3 Å². The van der Waals surface area contributed by atoms with E-state index in [1.54, 1.807) is 24.3 Å². The van der Waals surface area contributed by atoms with E-state index < -0.39 is 6.03 Å². The van der Waals surface area contributed by atoms with Crippen LogP contribution in [-0.2, 0) is 11.2 Å². The van der Waals surface area contributed by atoms with Crippen molar-refractivity contribution in [2.75, 3.05) is 31.6 Å². The first-order valence-corrected chi connectivity index (χ1v) is 11.2. The number of carbonyl (C=O) groups is 2. The van der Waals surface area contributed by atoms with Crippen molar-refractivity contribution in [3.8, 4) is 5.75 Å². The summed E-state index contributed by atoms with van der Waals surface area (Å²) >= 11 is 6.22. The number of hydrogen-bond donors (Lipinski definition) is 3. The molecule has 0 aromatic heterocycles. The summed E-state index contributed by atoms with van der Waals surface area (Å²) in [6.45, 7) is 4.22. The molecular formula is C24H28ClFN4O3. The summed E-state index contributed by atoms with van der Waals surface area (Å²) in [6, 6.07) is 8.89. The lowest BCUT2D eigenvalue weighted by Gasteiger charge is -2.35. The highest BCUT2D eigenvalue weighted by molar-refractivity contribution is 6.32. The Morgan fingerprint density at radius 2 is 2.09 bits per heavy atom. The van der Waals surface area contributed by atoms with Crippen molar-refractivity contribution < 1.29 is 18.7 Å². The second-order valence-corrected chi connectivity index (χ2v) is 8.09. The summed E-state index contributed by atoms with van der Waals surface area (Å²) in [4.78, 5) is 26.3. The molecule has 0 radical (unpaired) electrons. The number of nitrogens with two attached hydrogens (primary N) is 1. The summed E-state index contributed by atoms with van der Waals surface area (Å²) in [5, 5.41) is 6.18. The van der Waals surface area contributed by atoms with Gasteiger partial charge >= 0.3 is 6.03 Å². The number of amides is 3. The zero-order valence-corrected chi connectivity index (χ0v) is 19.2. The number of nitrogens with zero attached hydrogens (tertiary/aromatic N) is 1. The Morgan fingerprint density at radius 3 is 2.79 bits per heavy atom. The number of halogens is 2. The van der Waals surface area contributed by atoms with Crippen LogP contribution in [0, 0.1) is 5.82 Å². The van der Waals surface area contributed by atoms with Crippen LogP contribution in [0.1, 0.15) is 24.5 Å². The van der Waals surface area contributed by atoms with E-state index >= 15 is 0 Å². The van der Waals surface area contributed by atoms with Gasteiger partial charge in [-0.2, -0.15) is 0 Å². The highest BCUT2D eigenvalue weighted by atomic mass is 35.5. The lowest BCUT2D eigenvalue weighted by molar-refractivity contribution is -0.129. The van der Waals surface area contributed by atoms with Crippen LogP contribution >= 0.6 is 11.6 Å². The number of anilines is 1. The maximum atomic E-state index is 13.1. The highest BCUT2D eigenvalue weighted by Gasteiger charge is 2.25. The molecule has 0 unspecified atom stereocenters. The van der Waals surface area contributed by atoms with Crippen LogP contribution in [0.15, 0.2) is 42.5 Å². The number of piperazine rings is 1. The summed E-state index contributed by atoms with van der Waals surface area (Å²) < 4.78 is 18.7. The molecular weight excluding hydrogens is 447 g/mol. The van der Waals surface area contributed by atoms with Crippen LogP contribution in [0.5, 0.6) is 5.75 Å². The first-order chi connectivity index (χ1) is 15.9. The summed E-state index contributed by atoms with van der Waals surface area (Å²) in [6.07, 6.45) is 4.58. The number of primary amides is 1. The maximum Gasteiger partial charge on any atom is 0.316 e. The van der Waals surface area contributed by atoms with Gasteiger partial charge in [0, 0.05) is 37.3 Å². The number of aryl methyl sites for hydroxylation is 1. The minimum Gasteiger partial charge on any atom is -0.492 e. The van der Waals surface area contributed by atoms with Crippen LogP contribution in [0.25, 0.3) is 6.08 Å². The van der Waals surface area contributed by atoms with E-state index in [9.17, 15) is 14.0 Å². The zero-order chi connectivity index (χ0) is 23.8. The van der Waals surface area contributed by atoms with Crippen LogP contribution in [0.4, 0.5) is 14.9 Å². The Morgan fingerprint density at radius 1 is 1.33 bits per heavy atom. The number of urea groups is 1. The molecule has 7 nitrogen and oxygen atoms in total. The van der Waals surface area contributed by atoms with E-state index in [-0.39, 0.29) is 17.8 Å². The number of nitrogens with one attached hydrogen (secondary N) is 2. The average molecular weight is 475 g/mol. The summed E-state index contributed by atoms with van der Waals surface area (Å²) in [5.74, 6) is 0.0408. The van der Waals surface area contributed by atoms with Gasteiger partial charge in [0.15, 0.2) is 0 Å². The number of benzene rings is 2. The molecule has 33 heavy (non-hydrogen) atoms. The smallest absolute Gasteiger partial charge is 0.316 e. The highest BCUT2D eigenvalue weighted by Crippen LogP contribution is 2.32. The maximum absolute atomic E-state index is 13.1. The number of ether oxygens (including phenoxy) is 1. The van der Waals surface area contributed by atoms with Crippen molar-refractivity contribution in [3.05, 3.63) is 64.4 Å². The van der Waals surface area contributed by atoms with Gasteiger partial charge in [0.1, 0.15) is 11.6 Å². The fourth-order valence-electron chi connectivity index (χ4n) is 3.76. The Bertz CT molecular complexity index is 1010. The summed E-state index contributed by atoms with van der Waals surface area (Å²) in [7, 11) is 0. The third-order valence-electron chi connectivity index (χ3n) is 5.38. The molecule has 2 aromatic carbocycles. The molecule has 3 amide bonds. The Balaban J connectivity index is 1.74. The average Bonchev–Trinajstić information content (AvgIpc) is 2.79. The molecule has 1 heterocycles. The van der Waals surface area contributed by atoms with Gasteiger partial charge in [-0.05, 0) is 55.7 Å². The second kappa shape index (κ2) is 11.7. The van der Waals surface area contributed by atoms with Gasteiger partial charge in [-0.3, -0.25) is 4.79 Å². The van der Waals surface area contributed by atoms with Crippen LogP contribution in [0.2, 0.25) is 5.02 Å². The van der Waals surface area contributed by atoms with E-state index in [4.69, 9.17) is 22.1 Å². The molecule has 1 aliphatic rings. The molecule has 176 valence electrons. The molecule has 0 bridgehead atoms. The molecule has 1 fully saturated rings. The minimum atomic E-state index is -0.737. The van der Waals surface area contributed by atoms with Gasteiger partial charge in [-0.1, -0.05) is 23.7 Å². The van der Waals surface area contributed by atoms with E-state index in [0.29, 0.717) is 48.3 Å². The van der Waals surface area contributed by atoms with Crippen molar-refractivity contribution in [3.63, 3.8) is 0 Å². The van der Waals surface area contributed by atoms with Gasteiger partial charge in [0.2, 0.25) is 5.91 Å². The standard InChI is InChI=1S/C24H28ClFN4O3/c1-2-33-22-13-17(21(14-20(22)25)29-24(27)32)6-10-23(31)30-12-11-28-15-19(30)9-5-16-3-7-18(26)8-4-16/h3-4,6-8,10,13-14,19,28H,2,5,9,11-12,15H2,1H3,(H3,27,29,32)/t19-/m1/s1. The molecule has 1 atom stereocenters. The SMILES string of the molecule is CCOc1cc(C=CC(=O)N2CCNC[C@H]2CCc2ccc(F)cc2)c(NC(N)=O)cc1Cl.